The quantitative estimate of drug-likeness (QED) is 0.823. The summed E-state index contributed by atoms with van der Waals surface area (Å²) >= 11 is 0. The molecule has 3 heteroatoms. The zero-order valence-corrected chi connectivity index (χ0v) is 12.8. The summed E-state index contributed by atoms with van der Waals surface area (Å²) < 4.78 is 0. The van der Waals surface area contributed by atoms with Gasteiger partial charge in [-0.25, -0.2) is 0 Å². The van der Waals surface area contributed by atoms with E-state index in [1.807, 2.05) is 0 Å². The zero-order chi connectivity index (χ0) is 13.9. The Balaban J connectivity index is 1.79. The van der Waals surface area contributed by atoms with Crippen molar-refractivity contribution in [1.82, 2.24) is 4.90 Å². The molecule has 3 nitrogen and oxygen atoms in total. The van der Waals surface area contributed by atoms with Crippen LogP contribution in [0.15, 0.2) is 0 Å². The van der Waals surface area contributed by atoms with Gasteiger partial charge in [-0.2, -0.15) is 0 Å². The molecule has 2 atom stereocenters. The molecule has 0 radical (unpaired) electrons. The summed E-state index contributed by atoms with van der Waals surface area (Å²) in [6.45, 7) is 8.81. The summed E-state index contributed by atoms with van der Waals surface area (Å²) in [6, 6.07) is 0. The minimum Gasteiger partial charge on any atom is -0.388 e. The number of aliphatic hydroxyl groups is 1. The van der Waals surface area contributed by atoms with Crippen molar-refractivity contribution < 1.29 is 5.11 Å². The highest BCUT2D eigenvalue weighted by Crippen LogP contribution is 2.37. The van der Waals surface area contributed by atoms with Gasteiger partial charge in [-0.3, -0.25) is 0 Å². The number of nitrogens with zero attached hydrogens (tertiary/aromatic N) is 1. The molecule has 0 aromatic carbocycles. The molecule has 1 saturated carbocycles. The van der Waals surface area contributed by atoms with Crippen LogP contribution in [0.1, 0.15) is 58.8 Å². The molecule has 2 unspecified atom stereocenters. The third-order valence-corrected chi connectivity index (χ3v) is 5.50. The molecule has 1 heterocycles. The molecule has 0 spiro atoms. The Morgan fingerprint density at radius 1 is 1.16 bits per heavy atom. The van der Waals surface area contributed by atoms with Gasteiger partial charge in [0.15, 0.2) is 0 Å². The Morgan fingerprint density at radius 3 is 2.68 bits per heavy atom. The minimum atomic E-state index is -0.564. The van der Waals surface area contributed by atoms with Gasteiger partial charge < -0.3 is 15.7 Å². The molecule has 2 fully saturated rings. The van der Waals surface area contributed by atoms with Crippen molar-refractivity contribution in [3.05, 3.63) is 0 Å². The monoisotopic (exact) mass is 268 g/mol. The molecule has 112 valence electrons. The van der Waals surface area contributed by atoms with Crippen LogP contribution in [0.25, 0.3) is 0 Å². The maximum Gasteiger partial charge on any atom is 0.0797 e. The Hall–Kier alpha value is -0.120. The third-order valence-electron chi connectivity index (χ3n) is 5.50. The molecule has 2 rings (SSSR count). The van der Waals surface area contributed by atoms with E-state index in [9.17, 15) is 5.11 Å². The van der Waals surface area contributed by atoms with Gasteiger partial charge in [0.1, 0.15) is 0 Å². The highest BCUT2D eigenvalue weighted by Gasteiger charge is 2.39. The van der Waals surface area contributed by atoms with Crippen LogP contribution in [-0.2, 0) is 0 Å². The summed E-state index contributed by atoms with van der Waals surface area (Å²) in [7, 11) is 0. The van der Waals surface area contributed by atoms with E-state index >= 15 is 0 Å². The zero-order valence-electron chi connectivity index (χ0n) is 12.8. The molecule has 1 saturated heterocycles. The number of hydrogen-bond donors (Lipinski definition) is 2. The van der Waals surface area contributed by atoms with Gasteiger partial charge in [0.25, 0.3) is 0 Å². The second-order valence-corrected chi connectivity index (χ2v) is 7.54. The van der Waals surface area contributed by atoms with Crippen LogP contribution >= 0.6 is 0 Å². The summed E-state index contributed by atoms with van der Waals surface area (Å²) in [4.78, 5) is 2.60. The SMILES string of the molecule is CC1(C)CCCN(CCC2CCCC2(O)CN)CC1. The maximum atomic E-state index is 10.5. The fourth-order valence-corrected chi connectivity index (χ4v) is 3.85. The minimum absolute atomic E-state index is 0.425. The van der Waals surface area contributed by atoms with E-state index in [1.165, 1.54) is 32.4 Å². The Kier molecular flexibility index (Phi) is 4.91. The van der Waals surface area contributed by atoms with Crippen LogP contribution in [0.2, 0.25) is 0 Å². The van der Waals surface area contributed by atoms with Crippen molar-refractivity contribution in [3.8, 4) is 0 Å². The molecule has 0 amide bonds. The lowest BCUT2D eigenvalue weighted by molar-refractivity contribution is 0.00459. The fourth-order valence-electron chi connectivity index (χ4n) is 3.85. The Morgan fingerprint density at radius 2 is 1.95 bits per heavy atom. The molecule has 0 aromatic rings. The van der Waals surface area contributed by atoms with Crippen molar-refractivity contribution in [2.24, 2.45) is 17.1 Å². The summed E-state index contributed by atoms with van der Waals surface area (Å²) in [5, 5.41) is 10.5. The van der Waals surface area contributed by atoms with E-state index in [-0.39, 0.29) is 0 Å². The van der Waals surface area contributed by atoms with Crippen LogP contribution in [0, 0.1) is 11.3 Å². The van der Waals surface area contributed by atoms with E-state index < -0.39 is 5.60 Å². The van der Waals surface area contributed by atoms with E-state index in [2.05, 4.69) is 18.7 Å². The highest BCUT2D eigenvalue weighted by atomic mass is 16.3. The predicted molar refractivity (Wildman–Crippen MR) is 80.0 cm³/mol. The molecular formula is C16H32N2O. The summed E-state index contributed by atoms with van der Waals surface area (Å²) in [6.07, 6.45) is 8.30. The molecule has 2 aliphatic rings. The second kappa shape index (κ2) is 6.11. The molecular weight excluding hydrogens is 236 g/mol. The van der Waals surface area contributed by atoms with Crippen molar-refractivity contribution in [2.45, 2.75) is 64.4 Å². The van der Waals surface area contributed by atoms with Crippen LogP contribution in [0.3, 0.4) is 0 Å². The topological polar surface area (TPSA) is 49.5 Å². The van der Waals surface area contributed by atoms with Gasteiger partial charge in [0, 0.05) is 6.54 Å². The van der Waals surface area contributed by atoms with Crippen LogP contribution < -0.4 is 5.73 Å². The van der Waals surface area contributed by atoms with Crippen molar-refractivity contribution in [3.63, 3.8) is 0 Å². The first-order valence-electron chi connectivity index (χ1n) is 8.10. The first kappa shape index (κ1) is 15.3. The lowest BCUT2D eigenvalue weighted by atomic mass is 9.85. The molecule has 0 aromatic heterocycles. The number of rotatable bonds is 4. The Labute approximate surface area is 118 Å². The largest absolute Gasteiger partial charge is 0.388 e. The van der Waals surface area contributed by atoms with Crippen molar-refractivity contribution >= 4 is 0 Å². The lowest BCUT2D eigenvalue weighted by Crippen LogP contribution is -2.42. The van der Waals surface area contributed by atoms with Crippen LogP contribution in [0.5, 0.6) is 0 Å². The average molecular weight is 268 g/mol. The lowest BCUT2D eigenvalue weighted by Gasteiger charge is -2.31. The number of likely N-dealkylation sites (tertiary alicyclic amines) is 1. The molecule has 0 bridgehead atoms. The van der Waals surface area contributed by atoms with Crippen molar-refractivity contribution in [1.29, 1.82) is 0 Å². The number of nitrogens with two attached hydrogens (primary N) is 1. The summed E-state index contributed by atoms with van der Waals surface area (Å²) in [5.41, 5.74) is 5.71. The van der Waals surface area contributed by atoms with Gasteiger partial charge in [0.05, 0.1) is 5.60 Å². The van der Waals surface area contributed by atoms with Gasteiger partial charge in [-0.15, -0.1) is 0 Å². The van der Waals surface area contributed by atoms with E-state index in [0.717, 1.165) is 32.2 Å². The number of hydrogen-bond acceptors (Lipinski definition) is 3. The maximum absolute atomic E-state index is 10.5. The first-order valence-corrected chi connectivity index (χ1v) is 8.10. The van der Waals surface area contributed by atoms with Gasteiger partial charge in [-0.05, 0) is 69.5 Å². The van der Waals surface area contributed by atoms with E-state index in [4.69, 9.17) is 5.73 Å². The second-order valence-electron chi connectivity index (χ2n) is 7.54. The van der Waals surface area contributed by atoms with Crippen molar-refractivity contribution in [2.75, 3.05) is 26.2 Å². The average Bonchev–Trinajstić information content (AvgIpc) is 2.64. The van der Waals surface area contributed by atoms with E-state index in [0.29, 0.717) is 17.9 Å². The van der Waals surface area contributed by atoms with Gasteiger partial charge >= 0.3 is 0 Å². The normalized spacial score (nSPS) is 36.3. The van der Waals surface area contributed by atoms with E-state index in [1.54, 1.807) is 0 Å². The fraction of sp³-hybridized carbons (Fsp3) is 1.00. The van der Waals surface area contributed by atoms with Gasteiger partial charge in [0.2, 0.25) is 0 Å². The highest BCUT2D eigenvalue weighted by molar-refractivity contribution is 4.93. The molecule has 3 N–H and O–H groups in total. The standard InChI is InChI=1S/C16H32N2O/c1-15(2)7-4-10-18(12-9-15)11-6-14-5-3-8-16(14,19)13-17/h14,19H,3-13,17H2,1-2H3. The predicted octanol–water partition coefficient (Wildman–Crippen LogP) is 2.38. The Bertz CT molecular complexity index is 292. The molecule has 1 aliphatic heterocycles. The smallest absolute Gasteiger partial charge is 0.0797 e. The third kappa shape index (κ3) is 3.93. The van der Waals surface area contributed by atoms with Gasteiger partial charge in [-0.1, -0.05) is 20.3 Å². The van der Waals surface area contributed by atoms with Crippen LogP contribution in [-0.4, -0.2) is 41.8 Å². The molecule has 19 heavy (non-hydrogen) atoms. The molecule has 1 aliphatic carbocycles. The first-order chi connectivity index (χ1) is 8.95. The van der Waals surface area contributed by atoms with Crippen LogP contribution in [0.4, 0.5) is 0 Å². The summed E-state index contributed by atoms with van der Waals surface area (Å²) in [5.74, 6) is 0.425.